The van der Waals surface area contributed by atoms with Crippen LogP contribution in [0, 0.1) is 0 Å². The van der Waals surface area contributed by atoms with Crippen molar-refractivity contribution in [2.45, 2.75) is 25.0 Å². The van der Waals surface area contributed by atoms with E-state index >= 15 is 0 Å². The van der Waals surface area contributed by atoms with Crippen LogP contribution >= 0.6 is 11.6 Å². The molecule has 2 unspecified atom stereocenters. The molecule has 1 heterocycles. The Bertz CT molecular complexity index is 391. The third-order valence-electron chi connectivity index (χ3n) is 3.58. The average Bonchev–Trinajstić information content (AvgIpc) is 2.85. The molecule has 1 N–H and O–H groups in total. The van der Waals surface area contributed by atoms with Gasteiger partial charge in [0.05, 0.1) is 6.61 Å². The van der Waals surface area contributed by atoms with Crippen LogP contribution in [0.3, 0.4) is 0 Å². The minimum absolute atomic E-state index is 0.174. The summed E-state index contributed by atoms with van der Waals surface area (Å²) in [5.41, 5.74) is 1.01. The molecule has 100 valence electrons. The SMILES string of the molecule is COC1(CNC(C)c2cccc(Cl)c2)CCOC1. The highest BCUT2D eigenvalue weighted by Gasteiger charge is 2.34. The standard InChI is InChI=1S/C14H20ClNO2/c1-11(12-4-3-5-13(15)8-12)16-9-14(17-2)6-7-18-10-14/h3-5,8,11,16H,6-7,9-10H2,1-2H3. The molecular formula is C14H20ClNO2. The molecule has 2 rings (SSSR count). The van der Waals surface area contributed by atoms with E-state index in [0.717, 1.165) is 24.6 Å². The Morgan fingerprint density at radius 1 is 1.56 bits per heavy atom. The summed E-state index contributed by atoms with van der Waals surface area (Å²) >= 11 is 6.00. The zero-order valence-corrected chi connectivity index (χ0v) is 11.7. The Morgan fingerprint density at radius 2 is 2.39 bits per heavy atom. The number of halogens is 1. The van der Waals surface area contributed by atoms with Crippen molar-refractivity contribution in [3.8, 4) is 0 Å². The molecule has 1 aromatic rings. The number of hydrogen-bond donors (Lipinski definition) is 1. The van der Waals surface area contributed by atoms with Crippen LogP contribution < -0.4 is 5.32 Å². The molecule has 1 saturated heterocycles. The van der Waals surface area contributed by atoms with Crippen molar-refractivity contribution in [3.63, 3.8) is 0 Å². The lowest BCUT2D eigenvalue weighted by atomic mass is 10.0. The second-order valence-electron chi connectivity index (χ2n) is 4.85. The lowest BCUT2D eigenvalue weighted by Crippen LogP contribution is -2.43. The zero-order valence-electron chi connectivity index (χ0n) is 10.9. The van der Waals surface area contributed by atoms with Gasteiger partial charge in [0.15, 0.2) is 0 Å². The van der Waals surface area contributed by atoms with Gasteiger partial charge in [0.1, 0.15) is 5.60 Å². The summed E-state index contributed by atoms with van der Waals surface area (Å²) in [7, 11) is 1.75. The molecule has 1 aliphatic heterocycles. The first kappa shape index (κ1) is 13.8. The van der Waals surface area contributed by atoms with Gasteiger partial charge in [0, 0.05) is 37.7 Å². The minimum Gasteiger partial charge on any atom is -0.378 e. The van der Waals surface area contributed by atoms with E-state index in [0.29, 0.717) is 6.61 Å². The summed E-state index contributed by atoms with van der Waals surface area (Å²) in [6.07, 6.45) is 0.943. The number of methoxy groups -OCH3 is 1. The van der Waals surface area contributed by atoms with Gasteiger partial charge >= 0.3 is 0 Å². The molecule has 3 nitrogen and oxygen atoms in total. The van der Waals surface area contributed by atoms with Gasteiger partial charge in [-0.25, -0.2) is 0 Å². The van der Waals surface area contributed by atoms with Crippen LogP contribution in [0.2, 0.25) is 5.02 Å². The van der Waals surface area contributed by atoms with Crippen molar-refractivity contribution < 1.29 is 9.47 Å². The van der Waals surface area contributed by atoms with Gasteiger partial charge in [0.25, 0.3) is 0 Å². The van der Waals surface area contributed by atoms with E-state index in [-0.39, 0.29) is 11.6 Å². The summed E-state index contributed by atoms with van der Waals surface area (Å²) in [5.74, 6) is 0. The second kappa shape index (κ2) is 6.02. The normalized spacial score (nSPS) is 25.3. The van der Waals surface area contributed by atoms with Gasteiger partial charge in [-0.1, -0.05) is 23.7 Å². The Hall–Kier alpha value is -0.610. The van der Waals surface area contributed by atoms with E-state index in [2.05, 4.69) is 18.3 Å². The number of nitrogens with one attached hydrogen (secondary N) is 1. The molecule has 0 aliphatic carbocycles. The van der Waals surface area contributed by atoms with Crippen LogP contribution in [-0.4, -0.2) is 32.5 Å². The fourth-order valence-electron chi connectivity index (χ4n) is 2.19. The van der Waals surface area contributed by atoms with Crippen LogP contribution in [0.1, 0.15) is 24.9 Å². The molecule has 0 saturated carbocycles. The van der Waals surface area contributed by atoms with Crippen LogP contribution in [0.4, 0.5) is 0 Å². The van der Waals surface area contributed by atoms with Crippen molar-refractivity contribution in [3.05, 3.63) is 34.9 Å². The third kappa shape index (κ3) is 3.23. The molecule has 18 heavy (non-hydrogen) atoms. The Kier molecular flexibility index (Phi) is 4.62. The topological polar surface area (TPSA) is 30.5 Å². The van der Waals surface area contributed by atoms with E-state index in [1.165, 1.54) is 5.56 Å². The van der Waals surface area contributed by atoms with E-state index in [1.54, 1.807) is 7.11 Å². The first-order valence-electron chi connectivity index (χ1n) is 6.27. The smallest absolute Gasteiger partial charge is 0.106 e. The number of hydrogen-bond acceptors (Lipinski definition) is 3. The average molecular weight is 270 g/mol. The van der Waals surface area contributed by atoms with Gasteiger partial charge < -0.3 is 14.8 Å². The van der Waals surface area contributed by atoms with Crippen molar-refractivity contribution in [2.24, 2.45) is 0 Å². The number of ether oxygens (including phenoxy) is 2. The maximum Gasteiger partial charge on any atom is 0.106 e. The van der Waals surface area contributed by atoms with E-state index in [9.17, 15) is 0 Å². The lowest BCUT2D eigenvalue weighted by molar-refractivity contribution is -0.0172. The van der Waals surface area contributed by atoms with Crippen LogP contribution in [0.5, 0.6) is 0 Å². The molecule has 0 aromatic heterocycles. The molecule has 2 atom stereocenters. The summed E-state index contributed by atoms with van der Waals surface area (Å²) < 4.78 is 11.0. The maximum absolute atomic E-state index is 6.00. The monoisotopic (exact) mass is 269 g/mol. The summed E-state index contributed by atoms with van der Waals surface area (Å²) in [4.78, 5) is 0. The predicted molar refractivity (Wildman–Crippen MR) is 73.0 cm³/mol. The molecule has 4 heteroatoms. The van der Waals surface area contributed by atoms with Crippen LogP contribution in [0.25, 0.3) is 0 Å². The van der Waals surface area contributed by atoms with E-state index in [4.69, 9.17) is 21.1 Å². The van der Waals surface area contributed by atoms with Crippen molar-refractivity contribution >= 4 is 11.6 Å². The first-order valence-corrected chi connectivity index (χ1v) is 6.65. The summed E-state index contributed by atoms with van der Waals surface area (Å²) in [6.45, 7) is 4.36. The van der Waals surface area contributed by atoms with E-state index in [1.807, 2.05) is 18.2 Å². The van der Waals surface area contributed by atoms with Crippen LogP contribution in [0.15, 0.2) is 24.3 Å². The van der Waals surface area contributed by atoms with Crippen molar-refractivity contribution in [2.75, 3.05) is 26.9 Å². The molecule has 0 radical (unpaired) electrons. The second-order valence-corrected chi connectivity index (χ2v) is 5.28. The van der Waals surface area contributed by atoms with E-state index < -0.39 is 0 Å². The molecule has 0 bridgehead atoms. The number of benzene rings is 1. The highest BCUT2D eigenvalue weighted by Crippen LogP contribution is 2.23. The van der Waals surface area contributed by atoms with Gasteiger partial charge in [-0.2, -0.15) is 0 Å². The Labute approximate surface area is 113 Å². The van der Waals surface area contributed by atoms with Gasteiger partial charge in [-0.05, 0) is 24.6 Å². The van der Waals surface area contributed by atoms with Gasteiger partial charge in [-0.3, -0.25) is 0 Å². The highest BCUT2D eigenvalue weighted by atomic mass is 35.5. The molecular weight excluding hydrogens is 250 g/mol. The Morgan fingerprint density at radius 3 is 3.00 bits per heavy atom. The Balaban J connectivity index is 1.93. The third-order valence-corrected chi connectivity index (χ3v) is 3.81. The summed E-state index contributed by atoms with van der Waals surface area (Å²) in [6, 6.07) is 8.18. The van der Waals surface area contributed by atoms with Gasteiger partial charge in [-0.15, -0.1) is 0 Å². The first-order chi connectivity index (χ1) is 8.65. The largest absolute Gasteiger partial charge is 0.378 e. The fraction of sp³-hybridized carbons (Fsp3) is 0.571. The lowest BCUT2D eigenvalue weighted by Gasteiger charge is -2.28. The van der Waals surface area contributed by atoms with Crippen molar-refractivity contribution in [1.82, 2.24) is 5.32 Å². The fourth-order valence-corrected chi connectivity index (χ4v) is 2.39. The number of rotatable bonds is 5. The van der Waals surface area contributed by atoms with Crippen molar-refractivity contribution in [1.29, 1.82) is 0 Å². The summed E-state index contributed by atoms with van der Waals surface area (Å²) in [5, 5.41) is 4.27. The van der Waals surface area contributed by atoms with Crippen LogP contribution in [-0.2, 0) is 9.47 Å². The molecule has 0 spiro atoms. The molecule has 0 amide bonds. The molecule has 1 aliphatic rings. The minimum atomic E-state index is -0.174. The zero-order chi connectivity index (χ0) is 13.0. The predicted octanol–water partition coefficient (Wildman–Crippen LogP) is 2.80. The molecule has 1 fully saturated rings. The highest BCUT2D eigenvalue weighted by molar-refractivity contribution is 6.30. The quantitative estimate of drug-likeness (QED) is 0.892. The maximum atomic E-state index is 6.00. The molecule has 1 aromatic carbocycles. The van der Waals surface area contributed by atoms with Gasteiger partial charge in [0.2, 0.25) is 0 Å².